The molecule has 3 rings (SSSR count). The maximum absolute atomic E-state index is 4.60. The first kappa shape index (κ1) is 14.6. The van der Waals surface area contributed by atoms with Crippen molar-refractivity contribution in [2.24, 2.45) is 7.05 Å². The fourth-order valence-electron chi connectivity index (χ4n) is 2.39. The van der Waals surface area contributed by atoms with Crippen LogP contribution in [0.3, 0.4) is 0 Å². The Hall–Kier alpha value is -2.28. The second kappa shape index (κ2) is 6.23. The topological polar surface area (TPSA) is 68.5 Å². The van der Waals surface area contributed by atoms with Crippen LogP contribution in [0.4, 0.5) is 5.95 Å². The van der Waals surface area contributed by atoms with Crippen LogP contribution in [0.1, 0.15) is 17.1 Å². The Bertz CT molecular complexity index is 762. The van der Waals surface area contributed by atoms with Gasteiger partial charge in [-0.1, -0.05) is 0 Å². The van der Waals surface area contributed by atoms with Crippen LogP contribution in [0.2, 0.25) is 0 Å². The predicted molar refractivity (Wildman–Crippen MR) is 88.0 cm³/mol. The summed E-state index contributed by atoms with van der Waals surface area (Å²) in [7, 11) is 1.94. The van der Waals surface area contributed by atoms with Crippen molar-refractivity contribution in [1.82, 2.24) is 24.7 Å². The lowest BCUT2D eigenvalue weighted by molar-refractivity contribution is 0.731. The van der Waals surface area contributed by atoms with Gasteiger partial charge in [0.25, 0.3) is 0 Å². The predicted octanol–water partition coefficient (Wildman–Crippen LogP) is 2.61. The maximum atomic E-state index is 4.60. The van der Waals surface area contributed by atoms with E-state index >= 15 is 0 Å². The average molecular weight is 314 g/mol. The zero-order valence-electron chi connectivity index (χ0n) is 12.9. The van der Waals surface area contributed by atoms with Crippen molar-refractivity contribution in [3.8, 4) is 11.3 Å². The van der Waals surface area contributed by atoms with E-state index in [1.807, 2.05) is 37.2 Å². The van der Waals surface area contributed by atoms with Crippen LogP contribution in [0.5, 0.6) is 0 Å². The van der Waals surface area contributed by atoms with Crippen molar-refractivity contribution in [2.75, 3.05) is 11.9 Å². The first-order chi connectivity index (χ1) is 10.6. The van der Waals surface area contributed by atoms with Crippen LogP contribution in [-0.4, -0.2) is 31.3 Å². The fraction of sp³-hybridized carbons (Fsp3) is 0.333. The number of thiazole rings is 1. The molecule has 0 bridgehead atoms. The standard InChI is InChI=1S/C15H18N6S/c1-10-14(11(2)21(3)20-10)13-5-7-17-15(19-13)16-6-4-12-8-22-9-18-12/h5,7-9H,4,6H2,1-3H3,(H,16,17,19). The van der Waals surface area contributed by atoms with Gasteiger partial charge in [-0.25, -0.2) is 15.0 Å². The van der Waals surface area contributed by atoms with E-state index in [-0.39, 0.29) is 0 Å². The summed E-state index contributed by atoms with van der Waals surface area (Å²) in [6.07, 6.45) is 2.64. The summed E-state index contributed by atoms with van der Waals surface area (Å²) in [5.41, 5.74) is 6.99. The summed E-state index contributed by atoms with van der Waals surface area (Å²) >= 11 is 1.61. The van der Waals surface area contributed by atoms with E-state index in [4.69, 9.17) is 0 Å². The lowest BCUT2D eigenvalue weighted by Gasteiger charge is -2.06. The molecular weight excluding hydrogens is 296 g/mol. The molecule has 22 heavy (non-hydrogen) atoms. The van der Waals surface area contributed by atoms with Crippen molar-refractivity contribution < 1.29 is 0 Å². The van der Waals surface area contributed by atoms with Crippen LogP contribution in [0.25, 0.3) is 11.3 Å². The molecule has 0 atom stereocenters. The van der Waals surface area contributed by atoms with E-state index in [1.54, 1.807) is 17.5 Å². The lowest BCUT2D eigenvalue weighted by Crippen LogP contribution is -2.08. The van der Waals surface area contributed by atoms with E-state index in [1.165, 1.54) is 0 Å². The summed E-state index contributed by atoms with van der Waals surface area (Å²) < 4.78 is 1.88. The quantitative estimate of drug-likeness (QED) is 0.784. The van der Waals surface area contributed by atoms with Crippen LogP contribution in [-0.2, 0) is 13.5 Å². The molecule has 7 heteroatoms. The zero-order valence-corrected chi connectivity index (χ0v) is 13.7. The Balaban J connectivity index is 1.75. The summed E-state index contributed by atoms with van der Waals surface area (Å²) in [5, 5.41) is 9.75. The van der Waals surface area contributed by atoms with Gasteiger partial charge < -0.3 is 5.32 Å². The van der Waals surface area contributed by atoms with Crippen LogP contribution < -0.4 is 5.32 Å². The van der Waals surface area contributed by atoms with Gasteiger partial charge in [-0.05, 0) is 19.9 Å². The molecule has 0 saturated carbocycles. The van der Waals surface area contributed by atoms with E-state index in [0.29, 0.717) is 5.95 Å². The van der Waals surface area contributed by atoms with Crippen molar-refractivity contribution >= 4 is 17.3 Å². The van der Waals surface area contributed by atoms with Gasteiger partial charge in [0.05, 0.1) is 22.6 Å². The molecule has 1 N–H and O–H groups in total. The first-order valence-corrected chi connectivity index (χ1v) is 8.04. The number of hydrogen-bond acceptors (Lipinski definition) is 6. The number of aryl methyl sites for hydroxylation is 2. The summed E-state index contributed by atoms with van der Waals surface area (Å²) in [4.78, 5) is 13.2. The fourth-order valence-corrected chi connectivity index (χ4v) is 2.98. The first-order valence-electron chi connectivity index (χ1n) is 7.09. The van der Waals surface area contributed by atoms with Crippen LogP contribution >= 0.6 is 11.3 Å². The molecule has 0 aliphatic carbocycles. The molecule has 3 heterocycles. The largest absolute Gasteiger partial charge is 0.354 e. The molecule has 0 aliphatic heterocycles. The second-order valence-corrected chi connectivity index (χ2v) is 5.81. The third kappa shape index (κ3) is 2.99. The highest BCUT2D eigenvalue weighted by molar-refractivity contribution is 7.07. The van der Waals surface area contributed by atoms with E-state index < -0.39 is 0 Å². The minimum absolute atomic E-state index is 0.635. The van der Waals surface area contributed by atoms with Gasteiger partial charge in [0.2, 0.25) is 5.95 Å². The highest BCUT2D eigenvalue weighted by atomic mass is 32.1. The van der Waals surface area contributed by atoms with Crippen molar-refractivity contribution in [3.05, 3.63) is 40.2 Å². The van der Waals surface area contributed by atoms with Crippen molar-refractivity contribution in [2.45, 2.75) is 20.3 Å². The highest BCUT2D eigenvalue weighted by Crippen LogP contribution is 2.24. The molecular formula is C15H18N6S. The molecule has 6 nitrogen and oxygen atoms in total. The minimum Gasteiger partial charge on any atom is -0.354 e. The van der Waals surface area contributed by atoms with E-state index in [0.717, 1.165) is 41.3 Å². The number of anilines is 1. The van der Waals surface area contributed by atoms with E-state index in [2.05, 4.69) is 30.7 Å². The second-order valence-electron chi connectivity index (χ2n) is 5.09. The number of aromatic nitrogens is 5. The zero-order chi connectivity index (χ0) is 15.5. The minimum atomic E-state index is 0.635. The van der Waals surface area contributed by atoms with Gasteiger partial charge in [-0.15, -0.1) is 11.3 Å². The molecule has 0 saturated heterocycles. The monoisotopic (exact) mass is 314 g/mol. The van der Waals surface area contributed by atoms with Gasteiger partial charge >= 0.3 is 0 Å². The molecule has 0 radical (unpaired) electrons. The molecule has 3 aromatic rings. The van der Waals surface area contributed by atoms with Gasteiger partial charge in [-0.2, -0.15) is 5.10 Å². The SMILES string of the molecule is Cc1nn(C)c(C)c1-c1ccnc(NCCc2cscn2)n1. The summed E-state index contributed by atoms with van der Waals surface area (Å²) in [6, 6.07) is 1.92. The third-order valence-electron chi connectivity index (χ3n) is 3.57. The maximum Gasteiger partial charge on any atom is 0.223 e. The van der Waals surface area contributed by atoms with Crippen molar-refractivity contribution in [3.63, 3.8) is 0 Å². The molecule has 0 unspecified atom stereocenters. The molecule has 3 aromatic heterocycles. The normalized spacial score (nSPS) is 10.9. The summed E-state index contributed by atoms with van der Waals surface area (Å²) in [5.74, 6) is 0.635. The van der Waals surface area contributed by atoms with Gasteiger partial charge in [0.15, 0.2) is 0 Å². The smallest absolute Gasteiger partial charge is 0.223 e. The molecule has 0 fully saturated rings. The Labute approximate surface area is 133 Å². The Kier molecular flexibility index (Phi) is 4.15. The van der Waals surface area contributed by atoms with E-state index in [9.17, 15) is 0 Å². The van der Waals surface area contributed by atoms with Crippen LogP contribution in [0, 0.1) is 13.8 Å². The van der Waals surface area contributed by atoms with Gasteiger partial charge in [0.1, 0.15) is 0 Å². The van der Waals surface area contributed by atoms with Gasteiger partial charge in [-0.3, -0.25) is 4.68 Å². The number of nitrogens with zero attached hydrogens (tertiary/aromatic N) is 5. The number of hydrogen-bond donors (Lipinski definition) is 1. The Morgan fingerprint density at radius 1 is 1.27 bits per heavy atom. The number of nitrogens with one attached hydrogen (secondary N) is 1. The molecule has 0 aliphatic rings. The van der Waals surface area contributed by atoms with Gasteiger partial charge in [0, 0.05) is 42.8 Å². The molecule has 0 aromatic carbocycles. The molecule has 114 valence electrons. The Morgan fingerprint density at radius 3 is 2.82 bits per heavy atom. The molecule has 0 spiro atoms. The van der Waals surface area contributed by atoms with Crippen molar-refractivity contribution in [1.29, 1.82) is 0 Å². The average Bonchev–Trinajstić information content (AvgIpc) is 3.09. The highest BCUT2D eigenvalue weighted by Gasteiger charge is 2.13. The Morgan fingerprint density at radius 2 is 2.14 bits per heavy atom. The summed E-state index contributed by atoms with van der Waals surface area (Å²) in [6.45, 7) is 4.81. The molecule has 0 amide bonds. The van der Waals surface area contributed by atoms with Crippen LogP contribution in [0.15, 0.2) is 23.2 Å². The number of rotatable bonds is 5. The lowest BCUT2D eigenvalue weighted by atomic mass is 10.1. The third-order valence-corrected chi connectivity index (χ3v) is 4.20.